The highest BCUT2D eigenvalue weighted by atomic mass is 32.2. The number of nitrogens with one attached hydrogen (secondary N) is 1. The van der Waals surface area contributed by atoms with Crippen LogP contribution in [0.1, 0.15) is 32.1 Å². The van der Waals surface area contributed by atoms with Gasteiger partial charge in [-0.15, -0.1) is 0 Å². The van der Waals surface area contributed by atoms with E-state index in [0.717, 1.165) is 25.7 Å². The number of hydrogen-bond donors (Lipinski definition) is 1. The highest BCUT2D eigenvalue weighted by Gasteiger charge is 2.20. The summed E-state index contributed by atoms with van der Waals surface area (Å²) in [7, 11) is -2.97. The monoisotopic (exact) mass is 233 g/mol. The lowest BCUT2D eigenvalue weighted by Gasteiger charge is -2.20. The molecule has 1 aliphatic rings. The van der Waals surface area contributed by atoms with Crippen molar-refractivity contribution in [1.29, 1.82) is 0 Å². The molecule has 0 aromatic rings. The van der Waals surface area contributed by atoms with Crippen LogP contribution in [0.5, 0.6) is 0 Å². The number of amides is 1. The summed E-state index contributed by atoms with van der Waals surface area (Å²) < 4.78 is 21.7. The second-order valence-electron chi connectivity index (χ2n) is 4.26. The summed E-state index contributed by atoms with van der Waals surface area (Å²) >= 11 is 0. The molecule has 0 saturated heterocycles. The van der Waals surface area contributed by atoms with E-state index in [0.29, 0.717) is 0 Å². The molecule has 0 aromatic carbocycles. The van der Waals surface area contributed by atoms with Crippen molar-refractivity contribution in [2.24, 2.45) is 5.92 Å². The predicted octanol–water partition coefficient (Wildman–Crippen LogP) is 0.727. The summed E-state index contributed by atoms with van der Waals surface area (Å²) in [4.78, 5) is 11.6. The molecule has 0 aromatic heterocycles. The fourth-order valence-electron chi connectivity index (χ4n) is 1.87. The number of rotatable bonds is 4. The molecule has 1 rings (SSSR count). The average Bonchev–Trinajstić information content (AvgIpc) is 2.17. The van der Waals surface area contributed by atoms with E-state index in [9.17, 15) is 13.2 Å². The van der Waals surface area contributed by atoms with Crippen molar-refractivity contribution in [2.45, 2.75) is 32.1 Å². The Kier molecular flexibility index (Phi) is 4.57. The van der Waals surface area contributed by atoms with Crippen molar-refractivity contribution in [1.82, 2.24) is 5.32 Å². The van der Waals surface area contributed by atoms with E-state index in [1.165, 1.54) is 12.7 Å². The van der Waals surface area contributed by atoms with Crippen LogP contribution in [0.3, 0.4) is 0 Å². The van der Waals surface area contributed by atoms with Gasteiger partial charge in [-0.3, -0.25) is 4.79 Å². The van der Waals surface area contributed by atoms with Crippen LogP contribution < -0.4 is 5.32 Å². The molecule has 0 bridgehead atoms. The van der Waals surface area contributed by atoms with Gasteiger partial charge in [-0.25, -0.2) is 8.42 Å². The van der Waals surface area contributed by atoms with Crippen molar-refractivity contribution in [3.63, 3.8) is 0 Å². The summed E-state index contributed by atoms with van der Waals surface area (Å²) in [5.41, 5.74) is 0. The van der Waals surface area contributed by atoms with Crippen LogP contribution in [0.2, 0.25) is 0 Å². The van der Waals surface area contributed by atoms with Gasteiger partial charge in [0.25, 0.3) is 0 Å². The lowest BCUT2D eigenvalue weighted by Crippen LogP contribution is -2.34. The standard InChI is InChI=1S/C10H19NO3S/c1-15(13,14)8-7-11-10(12)9-5-3-2-4-6-9/h9H,2-8H2,1H3,(H,11,12). The Morgan fingerprint density at radius 2 is 1.87 bits per heavy atom. The minimum Gasteiger partial charge on any atom is -0.355 e. The Bertz CT molecular complexity index is 305. The molecular weight excluding hydrogens is 214 g/mol. The highest BCUT2D eigenvalue weighted by molar-refractivity contribution is 7.90. The smallest absolute Gasteiger partial charge is 0.223 e. The van der Waals surface area contributed by atoms with Crippen molar-refractivity contribution >= 4 is 15.7 Å². The Morgan fingerprint density at radius 1 is 1.27 bits per heavy atom. The molecule has 0 heterocycles. The Morgan fingerprint density at radius 3 is 2.40 bits per heavy atom. The topological polar surface area (TPSA) is 63.2 Å². The van der Waals surface area contributed by atoms with Gasteiger partial charge in [0.15, 0.2) is 0 Å². The van der Waals surface area contributed by atoms with Gasteiger partial charge in [-0.2, -0.15) is 0 Å². The maximum atomic E-state index is 11.6. The first-order valence-corrected chi connectivity index (χ1v) is 7.50. The number of hydrogen-bond acceptors (Lipinski definition) is 3. The van der Waals surface area contributed by atoms with Crippen LogP contribution in [-0.2, 0) is 14.6 Å². The molecule has 0 aliphatic heterocycles. The average molecular weight is 233 g/mol. The molecule has 0 radical (unpaired) electrons. The molecule has 0 spiro atoms. The van der Waals surface area contributed by atoms with Gasteiger partial charge in [-0.1, -0.05) is 19.3 Å². The summed E-state index contributed by atoms with van der Waals surface area (Å²) in [6.45, 7) is 0.244. The van der Waals surface area contributed by atoms with E-state index in [1.54, 1.807) is 0 Å². The van der Waals surface area contributed by atoms with Crippen LogP contribution in [0.4, 0.5) is 0 Å². The van der Waals surface area contributed by atoms with Crippen LogP contribution in [0.25, 0.3) is 0 Å². The van der Waals surface area contributed by atoms with E-state index in [-0.39, 0.29) is 24.1 Å². The quantitative estimate of drug-likeness (QED) is 0.778. The van der Waals surface area contributed by atoms with Gasteiger partial charge >= 0.3 is 0 Å². The van der Waals surface area contributed by atoms with Gasteiger partial charge < -0.3 is 5.32 Å². The van der Waals surface area contributed by atoms with Crippen LogP contribution in [0, 0.1) is 5.92 Å². The number of sulfone groups is 1. The first-order valence-electron chi connectivity index (χ1n) is 5.44. The second-order valence-corrected chi connectivity index (χ2v) is 6.52. The molecule has 1 fully saturated rings. The molecule has 0 unspecified atom stereocenters. The lowest BCUT2D eigenvalue weighted by molar-refractivity contribution is -0.125. The molecule has 5 heteroatoms. The SMILES string of the molecule is CS(=O)(=O)CCNC(=O)C1CCCCC1. The van der Waals surface area contributed by atoms with E-state index in [1.807, 2.05) is 0 Å². The zero-order valence-electron chi connectivity index (χ0n) is 9.16. The van der Waals surface area contributed by atoms with Crippen LogP contribution in [-0.4, -0.2) is 32.9 Å². The van der Waals surface area contributed by atoms with Gasteiger partial charge in [0.2, 0.25) is 5.91 Å². The predicted molar refractivity (Wildman–Crippen MR) is 59.3 cm³/mol. The molecule has 1 amide bonds. The van der Waals surface area contributed by atoms with E-state index < -0.39 is 9.84 Å². The minimum absolute atomic E-state index is 0.0263. The molecule has 88 valence electrons. The van der Waals surface area contributed by atoms with E-state index in [2.05, 4.69) is 5.32 Å². The molecule has 15 heavy (non-hydrogen) atoms. The van der Waals surface area contributed by atoms with Crippen molar-refractivity contribution in [3.05, 3.63) is 0 Å². The normalized spacial score (nSPS) is 18.7. The largest absolute Gasteiger partial charge is 0.355 e. The second kappa shape index (κ2) is 5.49. The molecular formula is C10H19NO3S. The number of carbonyl (C=O) groups is 1. The Hall–Kier alpha value is -0.580. The summed E-state index contributed by atoms with van der Waals surface area (Å²) in [6, 6.07) is 0. The fourth-order valence-corrected chi connectivity index (χ4v) is 2.34. The minimum atomic E-state index is -2.97. The first kappa shape index (κ1) is 12.5. The van der Waals surface area contributed by atoms with Crippen molar-refractivity contribution in [2.75, 3.05) is 18.6 Å². The third-order valence-electron chi connectivity index (χ3n) is 2.75. The van der Waals surface area contributed by atoms with Crippen molar-refractivity contribution in [3.8, 4) is 0 Å². The fraction of sp³-hybridized carbons (Fsp3) is 0.900. The van der Waals surface area contributed by atoms with Crippen molar-refractivity contribution < 1.29 is 13.2 Å². The molecule has 1 N–H and O–H groups in total. The Balaban J connectivity index is 2.23. The highest BCUT2D eigenvalue weighted by Crippen LogP contribution is 2.23. The van der Waals surface area contributed by atoms with Gasteiger partial charge in [0.05, 0.1) is 5.75 Å². The maximum Gasteiger partial charge on any atom is 0.223 e. The van der Waals surface area contributed by atoms with Crippen LogP contribution >= 0.6 is 0 Å². The van der Waals surface area contributed by atoms with Crippen LogP contribution in [0.15, 0.2) is 0 Å². The maximum absolute atomic E-state index is 11.6. The summed E-state index contributed by atoms with van der Waals surface area (Å²) in [5.74, 6) is 0.169. The molecule has 0 atom stereocenters. The molecule has 4 nitrogen and oxygen atoms in total. The van der Waals surface area contributed by atoms with Gasteiger partial charge in [0, 0.05) is 18.7 Å². The lowest BCUT2D eigenvalue weighted by atomic mass is 9.89. The summed E-state index contributed by atoms with van der Waals surface area (Å²) in [6.07, 6.45) is 6.52. The van der Waals surface area contributed by atoms with Gasteiger partial charge in [-0.05, 0) is 12.8 Å². The van der Waals surface area contributed by atoms with E-state index in [4.69, 9.17) is 0 Å². The zero-order valence-corrected chi connectivity index (χ0v) is 9.98. The molecule has 1 saturated carbocycles. The van der Waals surface area contributed by atoms with E-state index >= 15 is 0 Å². The Labute approximate surface area is 91.4 Å². The third-order valence-corrected chi connectivity index (χ3v) is 3.69. The molecule has 1 aliphatic carbocycles. The first-order chi connectivity index (χ1) is 6.99. The summed E-state index contributed by atoms with van der Waals surface area (Å²) in [5, 5.41) is 2.69. The number of carbonyl (C=O) groups excluding carboxylic acids is 1. The zero-order chi connectivity index (χ0) is 11.3. The third kappa shape index (κ3) is 5.16. The van der Waals surface area contributed by atoms with Gasteiger partial charge in [0.1, 0.15) is 9.84 Å².